The van der Waals surface area contributed by atoms with Gasteiger partial charge in [-0.15, -0.1) is 0 Å². The van der Waals surface area contributed by atoms with E-state index in [1.807, 2.05) is 20.8 Å². The van der Waals surface area contributed by atoms with Gasteiger partial charge in [0.25, 0.3) is 0 Å². The summed E-state index contributed by atoms with van der Waals surface area (Å²) in [6.45, 7) is 4.70. The van der Waals surface area contributed by atoms with Crippen LogP contribution in [0.3, 0.4) is 0 Å². The first-order chi connectivity index (χ1) is 3.71. The Balaban J connectivity index is 3.90. The molecule has 0 aromatic rings. The summed E-state index contributed by atoms with van der Waals surface area (Å²) in [6, 6.07) is 0. The lowest BCUT2D eigenvalue weighted by Crippen LogP contribution is -2.16. The van der Waals surface area contributed by atoms with Crippen LogP contribution in [-0.4, -0.2) is 17.2 Å². The summed E-state index contributed by atoms with van der Waals surface area (Å²) in [5.41, 5.74) is -0.320. The van der Waals surface area contributed by atoms with E-state index in [9.17, 15) is 0 Å². The second-order valence-electron chi connectivity index (χ2n) is 3.01. The van der Waals surface area contributed by atoms with Crippen LogP contribution < -0.4 is 0 Å². The normalized spacial score (nSPS) is 19.2. The van der Waals surface area contributed by atoms with Crippen LogP contribution in [0, 0.1) is 0 Å². The van der Waals surface area contributed by atoms with Crippen molar-refractivity contribution in [1.82, 2.24) is 0 Å². The molecule has 9 heavy (non-hydrogen) atoms. The summed E-state index contributed by atoms with van der Waals surface area (Å²) in [5.74, 6) is 0. The average molecular weight is 168 g/mol. The van der Waals surface area contributed by atoms with Gasteiger partial charge in [-0.2, -0.15) is 0 Å². The molecule has 0 radical (unpaired) electrons. The fraction of sp³-hybridized carbons (Fsp3) is 1.00. The third-order valence-corrected chi connectivity index (χ3v) is 1.55. The summed E-state index contributed by atoms with van der Waals surface area (Å²) in [5, 5.41) is 0. The van der Waals surface area contributed by atoms with E-state index in [0.717, 1.165) is 0 Å². The van der Waals surface area contributed by atoms with E-state index in [-0.39, 0.29) is 5.60 Å². The molecule has 0 rings (SSSR count). The largest absolute Gasteiger partial charge is 0.345 e. The fourth-order valence-corrected chi connectivity index (χ4v) is 2.20. The van der Waals surface area contributed by atoms with Gasteiger partial charge in [-0.05, 0) is 32.6 Å². The summed E-state index contributed by atoms with van der Waals surface area (Å²) < 4.78 is 5.11. The highest BCUT2D eigenvalue weighted by Crippen LogP contribution is 2.41. The summed E-state index contributed by atoms with van der Waals surface area (Å²) in [4.78, 5) is 9.06. The standard InChI is InChI=1S/C5H13O2PS/c1-5(2,3)7-8(4,6)9/h1-4H3,(H,6,9). The van der Waals surface area contributed by atoms with E-state index in [1.165, 1.54) is 0 Å². The molecule has 1 atom stereocenters. The van der Waals surface area contributed by atoms with Crippen molar-refractivity contribution in [2.45, 2.75) is 26.4 Å². The van der Waals surface area contributed by atoms with Crippen LogP contribution in [0.25, 0.3) is 0 Å². The molecule has 0 saturated heterocycles. The first-order valence-electron chi connectivity index (χ1n) is 2.72. The Morgan fingerprint density at radius 2 is 1.78 bits per heavy atom. The van der Waals surface area contributed by atoms with E-state index >= 15 is 0 Å². The zero-order chi connectivity index (χ0) is 7.71. The highest BCUT2D eigenvalue weighted by Gasteiger charge is 2.17. The van der Waals surface area contributed by atoms with Crippen molar-refractivity contribution in [2.24, 2.45) is 0 Å². The Morgan fingerprint density at radius 3 is 1.78 bits per heavy atom. The minimum absolute atomic E-state index is 0.320. The van der Waals surface area contributed by atoms with Gasteiger partial charge < -0.3 is 9.42 Å². The van der Waals surface area contributed by atoms with Crippen molar-refractivity contribution in [3.05, 3.63) is 0 Å². The quantitative estimate of drug-likeness (QED) is 0.605. The van der Waals surface area contributed by atoms with Gasteiger partial charge in [0, 0.05) is 6.66 Å². The lowest BCUT2D eigenvalue weighted by atomic mass is 10.2. The Bertz CT molecular complexity index is 132. The van der Waals surface area contributed by atoms with Crippen LogP contribution in [0.4, 0.5) is 0 Å². The minimum Gasteiger partial charge on any atom is -0.345 e. The molecule has 0 bridgehead atoms. The van der Waals surface area contributed by atoms with Crippen molar-refractivity contribution in [2.75, 3.05) is 6.66 Å². The highest BCUT2D eigenvalue weighted by atomic mass is 32.5. The van der Waals surface area contributed by atoms with Crippen LogP contribution in [0.1, 0.15) is 20.8 Å². The Kier molecular flexibility index (Phi) is 2.84. The van der Waals surface area contributed by atoms with Crippen LogP contribution in [-0.2, 0) is 16.3 Å². The maximum atomic E-state index is 9.06. The smallest absolute Gasteiger partial charge is 0.183 e. The summed E-state index contributed by atoms with van der Waals surface area (Å²) in [7, 11) is 0. The maximum Gasteiger partial charge on any atom is 0.183 e. The van der Waals surface area contributed by atoms with Gasteiger partial charge in [0.2, 0.25) is 0 Å². The van der Waals surface area contributed by atoms with Crippen molar-refractivity contribution < 1.29 is 9.42 Å². The van der Waals surface area contributed by atoms with E-state index < -0.39 is 6.49 Å². The molecule has 1 N–H and O–H groups in total. The highest BCUT2D eigenvalue weighted by molar-refractivity contribution is 8.09. The average Bonchev–Trinajstić information content (AvgIpc) is 1.14. The summed E-state index contributed by atoms with van der Waals surface area (Å²) >= 11 is 4.68. The third-order valence-electron chi connectivity index (χ3n) is 0.443. The van der Waals surface area contributed by atoms with E-state index in [0.29, 0.717) is 0 Å². The molecule has 0 amide bonds. The van der Waals surface area contributed by atoms with Gasteiger partial charge >= 0.3 is 0 Å². The predicted molar refractivity (Wildman–Crippen MR) is 43.3 cm³/mol. The van der Waals surface area contributed by atoms with E-state index in [1.54, 1.807) is 6.66 Å². The molecule has 0 aliphatic rings. The molecular weight excluding hydrogens is 155 g/mol. The molecule has 0 aromatic heterocycles. The molecule has 0 spiro atoms. The molecule has 0 fully saturated rings. The van der Waals surface area contributed by atoms with E-state index in [2.05, 4.69) is 11.8 Å². The fourth-order valence-electron chi connectivity index (χ4n) is 0.508. The zero-order valence-electron chi connectivity index (χ0n) is 6.21. The lowest BCUT2D eigenvalue weighted by molar-refractivity contribution is 0.133. The Hall–Kier alpha value is 0.570. The number of hydrogen-bond donors (Lipinski definition) is 1. The number of rotatable bonds is 1. The monoisotopic (exact) mass is 168 g/mol. The first kappa shape index (κ1) is 9.57. The predicted octanol–water partition coefficient (Wildman–Crippen LogP) is 1.73. The zero-order valence-corrected chi connectivity index (χ0v) is 7.92. The Labute approximate surface area is 61.4 Å². The van der Waals surface area contributed by atoms with Crippen LogP contribution in [0.15, 0.2) is 0 Å². The van der Waals surface area contributed by atoms with Crippen LogP contribution >= 0.6 is 6.49 Å². The Morgan fingerprint density at radius 1 is 1.44 bits per heavy atom. The van der Waals surface area contributed by atoms with Crippen LogP contribution in [0.5, 0.6) is 0 Å². The van der Waals surface area contributed by atoms with Crippen molar-refractivity contribution >= 4 is 18.3 Å². The molecule has 0 aromatic carbocycles. The van der Waals surface area contributed by atoms with Gasteiger partial charge in [-0.1, -0.05) is 0 Å². The minimum atomic E-state index is -2.45. The topological polar surface area (TPSA) is 29.5 Å². The first-order valence-corrected chi connectivity index (χ1v) is 5.84. The van der Waals surface area contributed by atoms with Gasteiger partial charge in [-0.25, -0.2) is 0 Å². The maximum absolute atomic E-state index is 9.06. The van der Waals surface area contributed by atoms with Gasteiger partial charge in [-0.3, -0.25) is 0 Å². The molecule has 1 unspecified atom stereocenters. The SMILES string of the molecule is CC(C)(C)OP(C)(O)=S. The van der Waals surface area contributed by atoms with Crippen LogP contribution in [0.2, 0.25) is 0 Å². The molecule has 56 valence electrons. The second-order valence-corrected chi connectivity index (χ2v) is 6.83. The van der Waals surface area contributed by atoms with Gasteiger partial charge in [0.15, 0.2) is 6.49 Å². The third kappa shape index (κ3) is 8.57. The second kappa shape index (κ2) is 2.67. The molecular formula is C5H13O2PS. The number of hydrogen-bond acceptors (Lipinski definition) is 2. The van der Waals surface area contributed by atoms with Crippen molar-refractivity contribution in [3.63, 3.8) is 0 Å². The molecule has 4 heteroatoms. The van der Waals surface area contributed by atoms with Gasteiger partial charge in [0.1, 0.15) is 0 Å². The van der Waals surface area contributed by atoms with Crippen molar-refractivity contribution in [3.8, 4) is 0 Å². The molecule has 0 heterocycles. The summed E-state index contributed by atoms with van der Waals surface area (Å²) in [6.07, 6.45) is 0. The molecule has 0 saturated carbocycles. The lowest BCUT2D eigenvalue weighted by Gasteiger charge is -2.23. The molecule has 0 aliphatic carbocycles. The van der Waals surface area contributed by atoms with E-state index in [4.69, 9.17) is 9.42 Å². The molecule has 2 nitrogen and oxygen atoms in total. The molecule has 0 aliphatic heterocycles. The van der Waals surface area contributed by atoms with Crippen molar-refractivity contribution in [1.29, 1.82) is 0 Å². The van der Waals surface area contributed by atoms with Gasteiger partial charge in [0.05, 0.1) is 5.60 Å².